The van der Waals surface area contributed by atoms with Crippen LogP contribution in [0.2, 0.25) is 3.93 Å². The average Bonchev–Trinajstić information content (AvgIpc) is 2.60. The molecular weight excluding hydrogens is 365 g/mol. The number of fused-ring (bicyclic) bond motifs is 1. The van der Waals surface area contributed by atoms with Gasteiger partial charge in [-0.05, 0) is 0 Å². The Hall–Kier alpha value is 0.855. The number of aliphatic hydroxyl groups excluding tert-OH is 1. The molecule has 4 rings (SSSR count). The van der Waals surface area contributed by atoms with E-state index >= 15 is 0 Å². The normalized spacial score (nSPS) is 55.4. The average molecular weight is 382 g/mol. The molecule has 0 spiro atoms. The molecule has 1 N–H and O–H groups in total. The second-order valence-corrected chi connectivity index (χ2v) is 7.41. The zero-order valence-corrected chi connectivity index (χ0v) is 14.1. The van der Waals surface area contributed by atoms with Crippen molar-refractivity contribution in [1.29, 1.82) is 0 Å². The van der Waals surface area contributed by atoms with Crippen LogP contribution in [0.1, 0.15) is 12.8 Å². The Balaban J connectivity index is 1.92. The van der Waals surface area contributed by atoms with Gasteiger partial charge < -0.3 is 0 Å². The SMILES string of the molecule is OC[C@H]1[C@H]2CC[C@H]3[C@@H]1CO[C@H]3[C@@H]2[CH2][Hg]. The van der Waals surface area contributed by atoms with Crippen molar-refractivity contribution >= 4 is 0 Å². The molecule has 0 aromatic rings. The minimum atomic E-state index is 0.409. The molecule has 1 saturated heterocycles. The predicted octanol–water partition coefficient (Wildman–Crippen LogP) is 1.23. The molecule has 1 aliphatic heterocycles. The van der Waals surface area contributed by atoms with Gasteiger partial charge in [-0.1, -0.05) is 0 Å². The van der Waals surface area contributed by atoms with Crippen LogP contribution in [0.15, 0.2) is 0 Å². The quantitative estimate of drug-likeness (QED) is 0.729. The summed E-state index contributed by atoms with van der Waals surface area (Å²) in [7, 11) is 0. The van der Waals surface area contributed by atoms with E-state index in [9.17, 15) is 5.11 Å². The molecular formula is C11H17HgO2. The number of hydrogen-bond donors (Lipinski definition) is 1. The van der Waals surface area contributed by atoms with Gasteiger partial charge in [0.05, 0.1) is 0 Å². The summed E-state index contributed by atoms with van der Waals surface area (Å²) in [5.74, 6) is 3.74. The van der Waals surface area contributed by atoms with Crippen LogP contribution in [0, 0.1) is 29.6 Å². The zero-order valence-electron chi connectivity index (χ0n) is 8.56. The van der Waals surface area contributed by atoms with Crippen LogP contribution in [0.4, 0.5) is 0 Å². The molecule has 1 heterocycles. The number of aliphatic hydroxyl groups is 1. The molecule has 2 nitrogen and oxygen atoms in total. The van der Waals surface area contributed by atoms with Gasteiger partial charge >= 0.3 is 102 Å². The summed E-state index contributed by atoms with van der Waals surface area (Å²) < 4.78 is 7.39. The Labute approximate surface area is 101 Å². The number of rotatable bonds is 2. The third kappa shape index (κ3) is 1.20. The van der Waals surface area contributed by atoms with E-state index in [2.05, 4.69) is 0 Å². The van der Waals surface area contributed by atoms with Crippen molar-refractivity contribution in [2.75, 3.05) is 13.2 Å². The maximum absolute atomic E-state index is 9.51. The Morgan fingerprint density at radius 2 is 1.93 bits per heavy atom. The molecule has 3 heteroatoms. The van der Waals surface area contributed by atoms with E-state index in [-0.39, 0.29) is 0 Å². The van der Waals surface area contributed by atoms with E-state index in [1.807, 2.05) is 0 Å². The Morgan fingerprint density at radius 3 is 2.64 bits per heavy atom. The first-order valence-corrected chi connectivity index (χ1v) is 9.77. The second-order valence-electron chi connectivity index (χ2n) is 5.17. The van der Waals surface area contributed by atoms with Gasteiger partial charge in [-0.15, -0.1) is 0 Å². The monoisotopic (exact) mass is 383 g/mol. The van der Waals surface area contributed by atoms with E-state index in [1.165, 1.54) is 16.8 Å². The first kappa shape index (κ1) is 10.0. The summed E-state index contributed by atoms with van der Waals surface area (Å²) in [5.41, 5.74) is 0. The van der Waals surface area contributed by atoms with Gasteiger partial charge in [0.1, 0.15) is 0 Å². The molecule has 0 unspecified atom stereocenters. The van der Waals surface area contributed by atoms with E-state index < -0.39 is 0 Å². The summed E-state index contributed by atoms with van der Waals surface area (Å²) >= 11 is 0.892. The molecule has 0 amide bonds. The van der Waals surface area contributed by atoms with Gasteiger partial charge in [0.2, 0.25) is 0 Å². The molecule has 0 aromatic heterocycles. The Bertz CT molecular complexity index is 213. The maximum atomic E-state index is 9.51. The van der Waals surface area contributed by atoms with Crippen LogP contribution >= 0.6 is 0 Å². The Kier molecular flexibility index (Phi) is 2.66. The molecule has 14 heavy (non-hydrogen) atoms. The van der Waals surface area contributed by atoms with Crippen LogP contribution < -0.4 is 0 Å². The van der Waals surface area contributed by atoms with Crippen LogP contribution in [0.5, 0.6) is 0 Å². The zero-order chi connectivity index (χ0) is 9.71. The molecule has 4 aliphatic rings. The second kappa shape index (κ2) is 3.71. The fourth-order valence-electron chi connectivity index (χ4n) is 4.31. The van der Waals surface area contributed by atoms with Crippen molar-refractivity contribution in [3.63, 3.8) is 0 Å². The first-order valence-electron chi connectivity index (χ1n) is 5.88. The van der Waals surface area contributed by atoms with Crippen LogP contribution in [-0.4, -0.2) is 24.4 Å². The topological polar surface area (TPSA) is 29.5 Å². The third-order valence-electron chi connectivity index (χ3n) is 4.90. The van der Waals surface area contributed by atoms with Crippen molar-refractivity contribution in [2.45, 2.75) is 22.9 Å². The molecule has 0 aromatic carbocycles. The fourth-order valence-corrected chi connectivity index (χ4v) is 7.26. The standard InChI is InChI=1S/C11H17O2.Hg/c1-6-7-2-3-8-10(9(7)4-12)5-13-11(6)8;/h6-12H,1-5H2;/t6-,7+,8+,9+,10+,11+;/m1./s1. The molecule has 6 atom stereocenters. The Morgan fingerprint density at radius 1 is 1.14 bits per heavy atom. The summed E-state index contributed by atoms with van der Waals surface area (Å²) in [6.07, 6.45) is 3.34. The summed E-state index contributed by atoms with van der Waals surface area (Å²) in [6.45, 7) is 1.35. The molecule has 0 radical (unpaired) electrons. The van der Waals surface area contributed by atoms with Gasteiger partial charge in [0, 0.05) is 0 Å². The van der Waals surface area contributed by atoms with Crippen molar-refractivity contribution in [1.82, 2.24) is 0 Å². The van der Waals surface area contributed by atoms with Gasteiger partial charge in [0.15, 0.2) is 0 Å². The van der Waals surface area contributed by atoms with Crippen LogP contribution in [0.25, 0.3) is 0 Å². The number of ether oxygens (including phenoxy) is 1. The minimum absolute atomic E-state index is 0.409. The van der Waals surface area contributed by atoms with Crippen molar-refractivity contribution in [3.8, 4) is 0 Å². The summed E-state index contributed by atoms with van der Waals surface area (Å²) in [6, 6.07) is 0. The van der Waals surface area contributed by atoms with E-state index in [1.54, 1.807) is 0 Å². The van der Waals surface area contributed by atoms with Gasteiger partial charge in [-0.25, -0.2) is 0 Å². The van der Waals surface area contributed by atoms with Gasteiger partial charge in [-0.3, -0.25) is 0 Å². The third-order valence-corrected chi connectivity index (χ3v) is 7.49. The van der Waals surface area contributed by atoms with Crippen molar-refractivity contribution in [2.24, 2.45) is 29.6 Å². The number of hydrogen-bond acceptors (Lipinski definition) is 2. The van der Waals surface area contributed by atoms with E-state index in [0.29, 0.717) is 24.5 Å². The van der Waals surface area contributed by atoms with Crippen LogP contribution in [0.3, 0.4) is 0 Å². The van der Waals surface area contributed by atoms with E-state index in [0.717, 1.165) is 50.5 Å². The molecule has 4 bridgehead atoms. The van der Waals surface area contributed by atoms with Gasteiger partial charge in [-0.2, -0.15) is 0 Å². The summed E-state index contributed by atoms with van der Waals surface area (Å²) in [4.78, 5) is 0. The van der Waals surface area contributed by atoms with Crippen LogP contribution in [-0.2, 0) is 30.9 Å². The molecule has 4 fully saturated rings. The predicted molar refractivity (Wildman–Crippen MR) is 48.3 cm³/mol. The van der Waals surface area contributed by atoms with Crippen molar-refractivity contribution < 1.29 is 36.0 Å². The molecule has 3 aliphatic carbocycles. The molecule has 3 saturated carbocycles. The molecule has 75 valence electrons. The first-order chi connectivity index (χ1) is 6.86. The fraction of sp³-hybridized carbons (Fsp3) is 1.00. The van der Waals surface area contributed by atoms with Crippen molar-refractivity contribution in [3.05, 3.63) is 0 Å². The summed E-state index contributed by atoms with van der Waals surface area (Å²) in [5, 5.41) is 9.51. The van der Waals surface area contributed by atoms with Gasteiger partial charge in [0.25, 0.3) is 0 Å². The van der Waals surface area contributed by atoms with E-state index in [4.69, 9.17) is 4.74 Å².